The molecule has 2 heterocycles. The average Bonchev–Trinajstić information content (AvgIpc) is 3.09. The van der Waals surface area contributed by atoms with E-state index >= 15 is 0 Å². The molecule has 2 aliphatic rings. The summed E-state index contributed by atoms with van der Waals surface area (Å²) in [7, 11) is 3.24. The molecular formula is C21H28N2O3. The molecule has 2 bridgehead atoms. The van der Waals surface area contributed by atoms with Crippen molar-refractivity contribution < 1.29 is 14.3 Å². The number of carbonyl (C=O) groups is 1. The highest BCUT2D eigenvalue weighted by Crippen LogP contribution is 2.52. The molecule has 4 rings (SSSR count). The quantitative estimate of drug-likeness (QED) is 0.895. The zero-order valence-electron chi connectivity index (χ0n) is 16.3. The number of rotatable bonds is 3. The highest BCUT2D eigenvalue weighted by Gasteiger charge is 2.51. The zero-order chi connectivity index (χ0) is 18.7. The molecule has 0 unspecified atom stereocenters. The van der Waals surface area contributed by atoms with Crippen molar-refractivity contribution in [1.82, 2.24) is 9.88 Å². The van der Waals surface area contributed by atoms with E-state index in [1.54, 1.807) is 14.2 Å². The van der Waals surface area contributed by atoms with Gasteiger partial charge in [0.25, 0.3) is 5.91 Å². The van der Waals surface area contributed by atoms with Crippen molar-refractivity contribution in [2.75, 3.05) is 20.8 Å². The Bertz CT molecular complexity index is 829. The van der Waals surface area contributed by atoms with Crippen LogP contribution in [0.4, 0.5) is 0 Å². The lowest BCUT2D eigenvalue weighted by Crippen LogP contribution is -2.37. The Hall–Kier alpha value is -2.17. The topological polar surface area (TPSA) is 54.6 Å². The number of carbonyl (C=O) groups excluding carboxylic acids is 1. The van der Waals surface area contributed by atoms with Crippen molar-refractivity contribution in [3.63, 3.8) is 0 Å². The maximum Gasteiger partial charge on any atom is 0.270 e. The Kier molecular flexibility index (Phi) is 3.76. The van der Waals surface area contributed by atoms with Gasteiger partial charge in [-0.1, -0.05) is 20.8 Å². The van der Waals surface area contributed by atoms with Crippen LogP contribution in [-0.2, 0) is 0 Å². The predicted octanol–water partition coefficient (Wildman–Crippen LogP) is 4.23. The van der Waals surface area contributed by atoms with E-state index in [0.29, 0.717) is 28.6 Å². The predicted molar refractivity (Wildman–Crippen MR) is 102 cm³/mol. The summed E-state index contributed by atoms with van der Waals surface area (Å²) in [6.45, 7) is 7.83. The number of likely N-dealkylation sites (tertiary alicyclic amines) is 1. The van der Waals surface area contributed by atoms with Crippen molar-refractivity contribution in [2.24, 2.45) is 10.8 Å². The molecule has 0 spiro atoms. The fourth-order valence-electron chi connectivity index (χ4n) is 5.43. The fourth-order valence-corrected chi connectivity index (χ4v) is 5.43. The number of hydrogen-bond acceptors (Lipinski definition) is 3. The fraction of sp³-hybridized carbons (Fsp3) is 0.571. The van der Waals surface area contributed by atoms with Crippen LogP contribution < -0.4 is 9.47 Å². The molecule has 1 aliphatic carbocycles. The molecule has 5 heteroatoms. The van der Waals surface area contributed by atoms with Crippen molar-refractivity contribution in [3.8, 4) is 11.5 Å². The van der Waals surface area contributed by atoms with E-state index in [0.717, 1.165) is 30.3 Å². The summed E-state index contributed by atoms with van der Waals surface area (Å²) < 4.78 is 10.7. The van der Waals surface area contributed by atoms with Crippen molar-refractivity contribution in [2.45, 2.75) is 46.1 Å². The van der Waals surface area contributed by atoms with E-state index < -0.39 is 0 Å². The van der Waals surface area contributed by atoms with E-state index in [1.807, 2.05) is 18.2 Å². The molecule has 1 N–H and O–H groups in total. The smallest absolute Gasteiger partial charge is 0.270 e. The van der Waals surface area contributed by atoms with Crippen LogP contribution in [-0.4, -0.2) is 42.6 Å². The molecule has 1 aromatic heterocycles. The summed E-state index contributed by atoms with van der Waals surface area (Å²) in [4.78, 5) is 18.6. The Morgan fingerprint density at radius 2 is 1.81 bits per heavy atom. The van der Waals surface area contributed by atoms with Crippen molar-refractivity contribution in [1.29, 1.82) is 0 Å². The van der Waals surface area contributed by atoms with E-state index in [9.17, 15) is 4.79 Å². The van der Waals surface area contributed by atoms with Gasteiger partial charge in [-0.3, -0.25) is 4.79 Å². The van der Waals surface area contributed by atoms with Gasteiger partial charge in [-0.05, 0) is 42.2 Å². The number of methoxy groups -OCH3 is 2. The van der Waals surface area contributed by atoms with Crippen LogP contribution in [0.3, 0.4) is 0 Å². The molecule has 1 amide bonds. The second-order valence-corrected chi connectivity index (χ2v) is 9.12. The maximum absolute atomic E-state index is 13.3. The highest BCUT2D eigenvalue weighted by atomic mass is 16.5. The maximum atomic E-state index is 13.3. The summed E-state index contributed by atoms with van der Waals surface area (Å²) in [5.41, 5.74) is 2.07. The largest absolute Gasteiger partial charge is 0.493 e. The van der Waals surface area contributed by atoms with Crippen LogP contribution in [0, 0.1) is 10.8 Å². The van der Waals surface area contributed by atoms with Crippen LogP contribution in [0.2, 0.25) is 0 Å². The third-order valence-corrected chi connectivity index (χ3v) is 6.03. The first-order valence-electron chi connectivity index (χ1n) is 9.29. The monoisotopic (exact) mass is 356 g/mol. The Morgan fingerprint density at radius 3 is 2.50 bits per heavy atom. The standard InChI is InChI=1S/C21H28N2O3/c1-20(2)9-14-10-21(3,11-20)12-23(14)19(24)16-6-13-7-17(25-4)18(26-5)8-15(13)22-16/h6-8,14,22H,9-12H2,1-5H3/t14-,21-/m1/s1. The molecule has 1 aliphatic heterocycles. The molecule has 2 atom stereocenters. The number of nitrogens with zero attached hydrogens (tertiary/aromatic N) is 1. The van der Waals surface area contributed by atoms with Gasteiger partial charge in [-0.2, -0.15) is 0 Å². The third kappa shape index (κ3) is 2.74. The average molecular weight is 356 g/mol. The van der Waals surface area contributed by atoms with Crippen LogP contribution in [0.15, 0.2) is 18.2 Å². The number of ether oxygens (including phenoxy) is 2. The number of hydrogen-bond donors (Lipinski definition) is 1. The first kappa shape index (κ1) is 17.3. The van der Waals surface area contributed by atoms with Crippen LogP contribution in [0.5, 0.6) is 11.5 Å². The lowest BCUT2D eigenvalue weighted by atomic mass is 9.65. The Labute approximate surface area is 154 Å². The SMILES string of the molecule is COc1cc2cc(C(=O)N3C[C@]4(C)C[C@H]3CC(C)(C)C4)[nH]c2cc1OC. The van der Waals surface area contributed by atoms with E-state index in [2.05, 4.69) is 30.7 Å². The zero-order valence-corrected chi connectivity index (χ0v) is 16.3. The third-order valence-electron chi connectivity index (χ3n) is 6.03. The number of H-pyrrole nitrogens is 1. The number of amides is 1. The molecule has 140 valence electrons. The summed E-state index contributed by atoms with van der Waals surface area (Å²) in [5.74, 6) is 1.43. The molecule has 2 aromatic rings. The Morgan fingerprint density at radius 1 is 1.12 bits per heavy atom. The van der Waals surface area contributed by atoms with Gasteiger partial charge >= 0.3 is 0 Å². The van der Waals surface area contributed by atoms with Crippen molar-refractivity contribution >= 4 is 16.8 Å². The van der Waals surface area contributed by atoms with E-state index in [-0.39, 0.29) is 11.3 Å². The number of nitrogens with one attached hydrogen (secondary N) is 1. The second kappa shape index (κ2) is 5.66. The summed E-state index contributed by atoms with van der Waals surface area (Å²) >= 11 is 0. The highest BCUT2D eigenvalue weighted by molar-refractivity contribution is 5.99. The minimum absolute atomic E-state index is 0.102. The van der Waals surface area contributed by atoms with Gasteiger partial charge in [-0.25, -0.2) is 0 Å². The number of aromatic nitrogens is 1. The molecule has 2 fully saturated rings. The van der Waals surface area contributed by atoms with Gasteiger partial charge in [-0.15, -0.1) is 0 Å². The molecule has 1 saturated heterocycles. The molecule has 5 nitrogen and oxygen atoms in total. The lowest BCUT2D eigenvalue weighted by molar-refractivity contribution is 0.0703. The van der Waals surface area contributed by atoms with Gasteiger partial charge in [0.05, 0.1) is 14.2 Å². The molecule has 1 aromatic carbocycles. The van der Waals surface area contributed by atoms with Gasteiger partial charge < -0.3 is 19.4 Å². The normalized spacial score (nSPS) is 27.0. The molecule has 1 saturated carbocycles. The molecule has 26 heavy (non-hydrogen) atoms. The molecule has 0 radical (unpaired) electrons. The van der Waals surface area contributed by atoms with E-state index in [4.69, 9.17) is 9.47 Å². The minimum Gasteiger partial charge on any atom is -0.493 e. The Balaban J connectivity index is 1.67. The van der Waals surface area contributed by atoms with Gasteiger partial charge in [0.15, 0.2) is 11.5 Å². The summed E-state index contributed by atoms with van der Waals surface area (Å²) in [6, 6.07) is 6.06. The summed E-state index contributed by atoms with van der Waals surface area (Å²) in [5, 5.41) is 0.958. The van der Waals surface area contributed by atoms with Gasteiger partial charge in [0.1, 0.15) is 5.69 Å². The van der Waals surface area contributed by atoms with E-state index in [1.165, 1.54) is 6.42 Å². The van der Waals surface area contributed by atoms with Gasteiger partial charge in [0, 0.05) is 29.6 Å². The van der Waals surface area contributed by atoms with Crippen LogP contribution in [0.1, 0.15) is 50.5 Å². The lowest BCUT2D eigenvalue weighted by Gasteiger charge is -2.39. The minimum atomic E-state index is 0.102. The van der Waals surface area contributed by atoms with Crippen LogP contribution >= 0.6 is 0 Å². The van der Waals surface area contributed by atoms with Gasteiger partial charge in [0.2, 0.25) is 0 Å². The van der Waals surface area contributed by atoms with Crippen molar-refractivity contribution in [3.05, 3.63) is 23.9 Å². The van der Waals surface area contributed by atoms with Crippen LogP contribution in [0.25, 0.3) is 10.9 Å². The second-order valence-electron chi connectivity index (χ2n) is 9.12. The first-order chi connectivity index (χ1) is 12.2. The number of fused-ring (bicyclic) bond motifs is 3. The molecular weight excluding hydrogens is 328 g/mol. The number of aromatic amines is 1. The summed E-state index contributed by atoms with van der Waals surface area (Å²) in [6.07, 6.45) is 3.38. The number of benzene rings is 1. The first-order valence-corrected chi connectivity index (χ1v) is 9.29.